The third-order valence-corrected chi connectivity index (χ3v) is 4.15. The molecule has 0 saturated carbocycles. The van der Waals surface area contributed by atoms with Gasteiger partial charge in [0.25, 0.3) is 0 Å². The summed E-state index contributed by atoms with van der Waals surface area (Å²) in [7, 11) is 2.04. The van der Waals surface area contributed by atoms with E-state index in [1.165, 1.54) is 5.56 Å². The van der Waals surface area contributed by atoms with E-state index >= 15 is 0 Å². The van der Waals surface area contributed by atoms with Crippen molar-refractivity contribution >= 4 is 0 Å². The summed E-state index contributed by atoms with van der Waals surface area (Å²) in [5, 5.41) is 13.6. The molecule has 124 valence electrons. The Morgan fingerprint density at radius 2 is 1.71 bits per heavy atom. The van der Waals surface area contributed by atoms with Crippen LogP contribution >= 0.6 is 0 Å². The van der Waals surface area contributed by atoms with E-state index in [0.29, 0.717) is 13.0 Å². The monoisotopic (exact) mass is 322 g/mol. The second-order valence-corrected chi connectivity index (χ2v) is 5.90. The van der Waals surface area contributed by atoms with Crippen LogP contribution in [0.4, 0.5) is 0 Å². The zero-order chi connectivity index (χ0) is 16.8. The van der Waals surface area contributed by atoms with Crippen LogP contribution in [-0.4, -0.2) is 28.8 Å². The molecule has 0 aliphatic rings. The highest BCUT2D eigenvalue weighted by molar-refractivity contribution is 5.58. The maximum atomic E-state index is 9.40. The molecule has 0 fully saturated rings. The summed E-state index contributed by atoms with van der Waals surface area (Å²) >= 11 is 0. The molecular formula is C20H22N2O2. The van der Waals surface area contributed by atoms with Crippen molar-refractivity contribution in [3.63, 3.8) is 0 Å². The zero-order valence-corrected chi connectivity index (χ0v) is 13.8. The molecule has 1 atom stereocenters. The quantitative estimate of drug-likeness (QED) is 0.717. The minimum atomic E-state index is 0.140. The molecule has 4 nitrogen and oxygen atoms in total. The van der Waals surface area contributed by atoms with Crippen LogP contribution in [-0.2, 0) is 6.54 Å². The highest BCUT2D eigenvalue weighted by atomic mass is 16.5. The second kappa shape index (κ2) is 7.90. The number of hydrogen-bond donors (Lipinski definition) is 1. The van der Waals surface area contributed by atoms with Crippen LogP contribution < -0.4 is 0 Å². The summed E-state index contributed by atoms with van der Waals surface area (Å²) in [5.74, 6) is 0.815. The average molecular weight is 322 g/mol. The summed E-state index contributed by atoms with van der Waals surface area (Å²) in [4.78, 5) is 2.18. The van der Waals surface area contributed by atoms with Gasteiger partial charge in [0.1, 0.15) is 5.69 Å². The molecule has 3 aromatic rings. The number of rotatable bonds is 7. The lowest BCUT2D eigenvalue weighted by Gasteiger charge is -2.27. The summed E-state index contributed by atoms with van der Waals surface area (Å²) in [6.45, 7) is 0.787. The van der Waals surface area contributed by atoms with Gasteiger partial charge in [-0.3, -0.25) is 4.90 Å². The lowest BCUT2D eigenvalue weighted by Crippen LogP contribution is -2.25. The highest BCUT2D eigenvalue weighted by Crippen LogP contribution is 2.26. The normalized spacial score (nSPS) is 12.5. The van der Waals surface area contributed by atoms with Crippen molar-refractivity contribution in [2.75, 3.05) is 13.7 Å². The van der Waals surface area contributed by atoms with Crippen molar-refractivity contribution in [1.29, 1.82) is 0 Å². The summed E-state index contributed by atoms with van der Waals surface area (Å²) < 4.78 is 5.50. The Morgan fingerprint density at radius 1 is 1.04 bits per heavy atom. The van der Waals surface area contributed by atoms with Crippen molar-refractivity contribution < 1.29 is 9.63 Å². The van der Waals surface area contributed by atoms with Crippen LogP contribution in [0.1, 0.15) is 23.8 Å². The van der Waals surface area contributed by atoms with Crippen LogP contribution in [0.25, 0.3) is 11.3 Å². The first-order valence-electron chi connectivity index (χ1n) is 8.15. The van der Waals surface area contributed by atoms with Gasteiger partial charge in [0.05, 0.1) is 6.54 Å². The second-order valence-electron chi connectivity index (χ2n) is 5.90. The molecule has 3 rings (SSSR count). The predicted octanol–water partition coefficient (Wildman–Crippen LogP) is 3.90. The molecular weight excluding hydrogens is 300 g/mol. The van der Waals surface area contributed by atoms with Crippen LogP contribution in [0, 0.1) is 0 Å². The van der Waals surface area contributed by atoms with Crippen LogP contribution in [0.2, 0.25) is 0 Å². The molecule has 24 heavy (non-hydrogen) atoms. The van der Waals surface area contributed by atoms with Crippen molar-refractivity contribution in [2.45, 2.75) is 19.0 Å². The fourth-order valence-corrected chi connectivity index (χ4v) is 2.93. The topological polar surface area (TPSA) is 49.5 Å². The van der Waals surface area contributed by atoms with Crippen molar-refractivity contribution in [3.8, 4) is 11.3 Å². The van der Waals surface area contributed by atoms with Crippen molar-refractivity contribution in [2.24, 2.45) is 0 Å². The summed E-state index contributed by atoms with van der Waals surface area (Å²) in [6, 6.07) is 22.3. The standard InChI is InChI=1S/C20H22N2O2/c1-22(20(12-13-23)17-10-6-3-7-11-17)15-18-14-19(21-24-18)16-8-4-2-5-9-16/h2-11,14,20,23H,12-13,15H2,1H3. The van der Waals surface area contributed by atoms with E-state index in [1.807, 2.05) is 61.6 Å². The van der Waals surface area contributed by atoms with Gasteiger partial charge in [0.2, 0.25) is 0 Å². The lowest BCUT2D eigenvalue weighted by molar-refractivity contribution is 0.166. The van der Waals surface area contributed by atoms with E-state index in [-0.39, 0.29) is 12.6 Å². The number of benzene rings is 2. The lowest BCUT2D eigenvalue weighted by atomic mass is 10.0. The maximum Gasteiger partial charge on any atom is 0.151 e. The molecule has 0 spiro atoms. The van der Waals surface area contributed by atoms with Gasteiger partial charge >= 0.3 is 0 Å². The molecule has 1 aromatic heterocycles. The van der Waals surface area contributed by atoms with E-state index < -0.39 is 0 Å². The van der Waals surface area contributed by atoms with E-state index in [4.69, 9.17) is 4.52 Å². The number of aromatic nitrogens is 1. The van der Waals surface area contributed by atoms with E-state index in [2.05, 4.69) is 22.2 Å². The minimum absolute atomic E-state index is 0.140. The molecule has 2 aromatic carbocycles. The van der Waals surface area contributed by atoms with Gasteiger partial charge in [0.15, 0.2) is 5.76 Å². The molecule has 0 aliphatic heterocycles. The van der Waals surface area contributed by atoms with Gasteiger partial charge in [-0.25, -0.2) is 0 Å². The van der Waals surface area contributed by atoms with Crippen molar-refractivity contribution in [1.82, 2.24) is 10.1 Å². The first kappa shape index (κ1) is 16.4. The Labute approximate surface area is 142 Å². The van der Waals surface area contributed by atoms with Crippen LogP contribution in [0.3, 0.4) is 0 Å². The molecule has 1 unspecified atom stereocenters. The smallest absolute Gasteiger partial charge is 0.151 e. The third kappa shape index (κ3) is 3.91. The first-order chi connectivity index (χ1) is 11.8. The SMILES string of the molecule is CN(Cc1cc(-c2ccccc2)no1)C(CCO)c1ccccc1. The average Bonchev–Trinajstić information content (AvgIpc) is 3.09. The van der Waals surface area contributed by atoms with Crippen LogP contribution in [0.15, 0.2) is 71.3 Å². The van der Waals surface area contributed by atoms with E-state index in [1.54, 1.807) is 0 Å². The highest BCUT2D eigenvalue weighted by Gasteiger charge is 2.18. The van der Waals surface area contributed by atoms with Gasteiger partial charge in [0, 0.05) is 24.3 Å². The zero-order valence-electron chi connectivity index (χ0n) is 13.8. The first-order valence-corrected chi connectivity index (χ1v) is 8.15. The minimum Gasteiger partial charge on any atom is -0.396 e. The molecule has 1 N–H and O–H groups in total. The van der Waals surface area contributed by atoms with Gasteiger partial charge in [-0.05, 0) is 19.0 Å². The Balaban J connectivity index is 1.73. The fraction of sp³-hybridized carbons (Fsp3) is 0.250. The largest absolute Gasteiger partial charge is 0.396 e. The van der Waals surface area contributed by atoms with Gasteiger partial charge in [-0.2, -0.15) is 0 Å². The number of aliphatic hydroxyl groups is 1. The molecule has 0 saturated heterocycles. The van der Waals surface area contributed by atoms with E-state index in [9.17, 15) is 5.11 Å². The molecule has 0 radical (unpaired) electrons. The van der Waals surface area contributed by atoms with Crippen LogP contribution in [0.5, 0.6) is 0 Å². The Bertz CT molecular complexity index is 741. The Kier molecular flexibility index (Phi) is 5.41. The Hall–Kier alpha value is -2.43. The fourth-order valence-electron chi connectivity index (χ4n) is 2.93. The summed E-state index contributed by atoms with van der Waals surface area (Å²) in [6.07, 6.45) is 0.681. The predicted molar refractivity (Wildman–Crippen MR) is 94.3 cm³/mol. The molecule has 0 aliphatic carbocycles. The number of nitrogens with zero attached hydrogens (tertiary/aromatic N) is 2. The third-order valence-electron chi connectivity index (χ3n) is 4.15. The van der Waals surface area contributed by atoms with Crippen molar-refractivity contribution in [3.05, 3.63) is 78.1 Å². The number of hydrogen-bond acceptors (Lipinski definition) is 4. The molecule has 1 heterocycles. The molecule has 0 bridgehead atoms. The van der Waals surface area contributed by atoms with Gasteiger partial charge < -0.3 is 9.63 Å². The summed E-state index contributed by atoms with van der Waals surface area (Å²) in [5.41, 5.74) is 3.08. The Morgan fingerprint density at radius 3 is 2.38 bits per heavy atom. The van der Waals surface area contributed by atoms with Gasteiger partial charge in [-0.15, -0.1) is 0 Å². The molecule has 0 amide bonds. The number of aliphatic hydroxyl groups excluding tert-OH is 1. The van der Waals surface area contributed by atoms with E-state index in [0.717, 1.165) is 17.0 Å². The molecule has 4 heteroatoms. The maximum absolute atomic E-state index is 9.40. The van der Waals surface area contributed by atoms with Gasteiger partial charge in [-0.1, -0.05) is 65.8 Å².